The summed E-state index contributed by atoms with van der Waals surface area (Å²) in [5, 5.41) is 0. The van der Waals surface area contributed by atoms with Gasteiger partial charge in [-0.25, -0.2) is 0 Å². The number of rotatable bonds is 1. The van der Waals surface area contributed by atoms with Crippen LogP contribution in [0.25, 0.3) is 0 Å². The number of allylic oxidation sites excluding steroid dienone is 1. The first kappa shape index (κ1) is 8.79. The molecule has 1 aliphatic carbocycles. The molecule has 11 heavy (non-hydrogen) atoms. The van der Waals surface area contributed by atoms with Crippen molar-refractivity contribution in [2.24, 2.45) is 17.6 Å². The number of nitrogens with two attached hydrogens (primary N) is 1. The molecule has 1 aliphatic rings. The summed E-state index contributed by atoms with van der Waals surface area (Å²) in [6, 6.07) is 0.307. The maximum atomic E-state index is 5.93. The SMILES string of the molecule is CC(C)C1=CC(N)C(C)CC1. The molecule has 0 spiro atoms. The van der Waals surface area contributed by atoms with Gasteiger partial charge in [0.2, 0.25) is 0 Å². The lowest BCUT2D eigenvalue weighted by Gasteiger charge is -2.26. The third-order valence-corrected chi connectivity index (χ3v) is 2.69. The van der Waals surface area contributed by atoms with Crippen LogP contribution in [0.3, 0.4) is 0 Å². The molecule has 0 aliphatic heterocycles. The second-order valence-electron chi connectivity index (χ2n) is 3.99. The number of hydrogen-bond donors (Lipinski definition) is 1. The summed E-state index contributed by atoms with van der Waals surface area (Å²) in [4.78, 5) is 0. The zero-order valence-corrected chi connectivity index (χ0v) is 7.80. The molecule has 1 heteroatoms. The van der Waals surface area contributed by atoms with Crippen LogP contribution in [0.2, 0.25) is 0 Å². The van der Waals surface area contributed by atoms with Crippen molar-refractivity contribution in [2.45, 2.75) is 39.7 Å². The lowest BCUT2D eigenvalue weighted by molar-refractivity contribution is 0.439. The first-order valence-corrected chi connectivity index (χ1v) is 4.57. The van der Waals surface area contributed by atoms with Gasteiger partial charge in [-0.2, -0.15) is 0 Å². The summed E-state index contributed by atoms with van der Waals surface area (Å²) in [6.45, 7) is 6.72. The van der Waals surface area contributed by atoms with Crippen molar-refractivity contribution < 1.29 is 0 Å². The molecule has 0 aromatic carbocycles. The van der Waals surface area contributed by atoms with Crippen molar-refractivity contribution in [3.05, 3.63) is 11.6 Å². The van der Waals surface area contributed by atoms with Gasteiger partial charge in [-0.3, -0.25) is 0 Å². The van der Waals surface area contributed by atoms with E-state index in [1.807, 2.05) is 0 Å². The molecule has 2 N–H and O–H groups in total. The molecule has 0 amide bonds. The van der Waals surface area contributed by atoms with E-state index in [1.54, 1.807) is 5.57 Å². The van der Waals surface area contributed by atoms with E-state index in [1.165, 1.54) is 12.8 Å². The van der Waals surface area contributed by atoms with Gasteiger partial charge in [-0.15, -0.1) is 0 Å². The smallest absolute Gasteiger partial charge is 0.0252 e. The van der Waals surface area contributed by atoms with Crippen LogP contribution in [-0.2, 0) is 0 Å². The summed E-state index contributed by atoms with van der Waals surface area (Å²) in [5.74, 6) is 1.37. The Morgan fingerprint density at radius 1 is 1.55 bits per heavy atom. The molecule has 0 saturated carbocycles. The van der Waals surface area contributed by atoms with Crippen molar-refractivity contribution in [2.75, 3.05) is 0 Å². The first-order valence-electron chi connectivity index (χ1n) is 4.57. The van der Waals surface area contributed by atoms with Gasteiger partial charge in [-0.1, -0.05) is 32.4 Å². The quantitative estimate of drug-likeness (QED) is 0.575. The third kappa shape index (κ3) is 2.06. The molecular formula is C10H19N. The minimum Gasteiger partial charge on any atom is -0.324 e. The summed E-state index contributed by atoms with van der Waals surface area (Å²) >= 11 is 0. The van der Waals surface area contributed by atoms with Gasteiger partial charge < -0.3 is 5.73 Å². The van der Waals surface area contributed by atoms with Crippen LogP contribution in [0, 0.1) is 11.8 Å². The van der Waals surface area contributed by atoms with Crippen molar-refractivity contribution in [1.29, 1.82) is 0 Å². The van der Waals surface area contributed by atoms with E-state index >= 15 is 0 Å². The van der Waals surface area contributed by atoms with Crippen LogP contribution in [0.1, 0.15) is 33.6 Å². The van der Waals surface area contributed by atoms with Crippen molar-refractivity contribution in [1.82, 2.24) is 0 Å². The largest absolute Gasteiger partial charge is 0.324 e. The average Bonchev–Trinajstić information content (AvgIpc) is 1.94. The van der Waals surface area contributed by atoms with Crippen LogP contribution >= 0.6 is 0 Å². The van der Waals surface area contributed by atoms with Crippen LogP contribution in [-0.4, -0.2) is 6.04 Å². The van der Waals surface area contributed by atoms with Crippen molar-refractivity contribution in [3.8, 4) is 0 Å². The minimum atomic E-state index is 0.307. The fraction of sp³-hybridized carbons (Fsp3) is 0.800. The molecule has 2 atom stereocenters. The van der Waals surface area contributed by atoms with Gasteiger partial charge in [0.25, 0.3) is 0 Å². The average molecular weight is 153 g/mol. The summed E-state index contributed by atoms with van der Waals surface area (Å²) in [7, 11) is 0. The van der Waals surface area contributed by atoms with Crippen LogP contribution < -0.4 is 5.73 Å². The molecule has 1 nitrogen and oxygen atoms in total. The highest BCUT2D eigenvalue weighted by atomic mass is 14.6. The Labute approximate surface area is 69.7 Å². The summed E-state index contributed by atoms with van der Waals surface area (Å²) in [6.07, 6.45) is 4.79. The standard InChI is InChI=1S/C10H19N/c1-7(2)9-5-4-8(3)10(11)6-9/h6-8,10H,4-5,11H2,1-3H3. The normalized spacial score (nSPS) is 32.3. The molecule has 0 aromatic heterocycles. The third-order valence-electron chi connectivity index (χ3n) is 2.69. The molecule has 0 radical (unpaired) electrons. The van der Waals surface area contributed by atoms with E-state index < -0.39 is 0 Å². The van der Waals surface area contributed by atoms with Gasteiger partial charge in [-0.05, 0) is 24.7 Å². The van der Waals surface area contributed by atoms with Crippen LogP contribution in [0.4, 0.5) is 0 Å². The molecule has 0 heterocycles. The molecule has 0 bridgehead atoms. The Hall–Kier alpha value is -0.300. The first-order chi connectivity index (χ1) is 5.11. The Bertz CT molecular complexity index is 158. The van der Waals surface area contributed by atoms with E-state index in [2.05, 4.69) is 26.8 Å². The number of hydrogen-bond acceptors (Lipinski definition) is 1. The van der Waals surface area contributed by atoms with Gasteiger partial charge in [0, 0.05) is 6.04 Å². The molecule has 2 unspecified atom stereocenters. The lowest BCUT2D eigenvalue weighted by atomic mass is 9.83. The van der Waals surface area contributed by atoms with E-state index in [0.717, 1.165) is 0 Å². The van der Waals surface area contributed by atoms with Gasteiger partial charge in [0.1, 0.15) is 0 Å². The van der Waals surface area contributed by atoms with E-state index in [9.17, 15) is 0 Å². The summed E-state index contributed by atoms with van der Waals surface area (Å²) < 4.78 is 0. The molecular weight excluding hydrogens is 134 g/mol. The van der Waals surface area contributed by atoms with Gasteiger partial charge in [0.05, 0.1) is 0 Å². The topological polar surface area (TPSA) is 26.0 Å². The highest BCUT2D eigenvalue weighted by Gasteiger charge is 2.18. The molecule has 0 fully saturated rings. The van der Waals surface area contributed by atoms with Crippen molar-refractivity contribution >= 4 is 0 Å². The highest BCUT2D eigenvalue weighted by Crippen LogP contribution is 2.26. The van der Waals surface area contributed by atoms with E-state index in [-0.39, 0.29) is 0 Å². The lowest BCUT2D eigenvalue weighted by Crippen LogP contribution is -2.29. The predicted molar refractivity (Wildman–Crippen MR) is 49.3 cm³/mol. The van der Waals surface area contributed by atoms with Crippen molar-refractivity contribution in [3.63, 3.8) is 0 Å². The maximum absolute atomic E-state index is 5.93. The Kier molecular flexibility index (Phi) is 2.72. The van der Waals surface area contributed by atoms with Gasteiger partial charge in [0.15, 0.2) is 0 Å². The summed E-state index contributed by atoms with van der Waals surface area (Å²) in [5.41, 5.74) is 7.48. The fourth-order valence-corrected chi connectivity index (χ4v) is 1.56. The molecule has 64 valence electrons. The Morgan fingerprint density at radius 3 is 2.64 bits per heavy atom. The minimum absolute atomic E-state index is 0.307. The molecule has 0 aromatic rings. The van der Waals surface area contributed by atoms with Crippen LogP contribution in [0.15, 0.2) is 11.6 Å². The predicted octanol–water partition coefficient (Wildman–Crippen LogP) is 2.33. The zero-order valence-electron chi connectivity index (χ0n) is 7.80. The fourth-order valence-electron chi connectivity index (χ4n) is 1.56. The monoisotopic (exact) mass is 153 g/mol. The molecule has 0 saturated heterocycles. The Balaban J connectivity index is 2.63. The second-order valence-corrected chi connectivity index (χ2v) is 3.99. The highest BCUT2D eigenvalue weighted by molar-refractivity contribution is 5.13. The molecule has 1 rings (SSSR count). The van der Waals surface area contributed by atoms with E-state index in [0.29, 0.717) is 17.9 Å². The van der Waals surface area contributed by atoms with Crippen LogP contribution in [0.5, 0.6) is 0 Å². The Morgan fingerprint density at radius 2 is 2.18 bits per heavy atom. The zero-order chi connectivity index (χ0) is 8.43. The van der Waals surface area contributed by atoms with E-state index in [4.69, 9.17) is 5.73 Å². The van der Waals surface area contributed by atoms with Gasteiger partial charge >= 0.3 is 0 Å². The second kappa shape index (κ2) is 3.40. The maximum Gasteiger partial charge on any atom is 0.0252 e.